The minimum Gasteiger partial charge on any atom is -0.481 e. The third-order valence-corrected chi connectivity index (χ3v) is 11.1. The second-order valence-electron chi connectivity index (χ2n) is 17.0. The number of nitrogens with one attached hydrogen (secondary N) is 4. The number of ketones is 1. The van der Waals surface area contributed by atoms with Gasteiger partial charge in [-0.15, -0.1) is 0 Å². The van der Waals surface area contributed by atoms with Gasteiger partial charge < -0.3 is 50.4 Å². The number of carboxylic acid groups (broad SMARTS) is 2. The molecule has 1 aliphatic carbocycles. The van der Waals surface area contributed by atoms with Crippen LogP contribution in [-0.4, -0.2) is 130 Å². The molecule has 0 aromatic rings. The number of amides is 4. The zero-order chi connectivity index (χ0) is 46.3. The largest absolute Gasteiger partial charge is 0.481 e. The van der Waals surface area contributed by atoms with Gasteiger partial charge in [-0.25, -0.2) is 4.79 Å². The maximum Gasteiger partial charge on any atom is 0.326 e. The highest BCUT2D eigenvalue weighted by Crippen LogP contribution is 2.29. The van der Waals surface area contributed by atoms with Crippen LogP contribution in [0.25, 0.3) is 0 Å². The first-order valence-corrected chi connectivity index (χ1v) is 23.8. The number of carbonyl (C=O) groups is 7. The second-order valence-corrected chi connectivity index (χ2v) is 17.0. The van der Waals surface area contributed by atoms with Crippen LogP contribution in [0.1, 0.15) is 155 Å². The first kappa shape index (κ1) is 57.3. The van der Waals surface area contributed by atoms with Crippen LogP contribution in [0.4, 0.5) is 0 Å². The molecule has 6 N–H and O–H groups in total. The van der Waals surface area contributed by atoms with Gasteiger partial charge in [0.2, 0.25) is 23.6 Å². The quantitative estimate of drug-likeness (QED) is 0.0437. The summed E-state index contributed by atoms with van der Waals surface area (Å²) >= 11 is 0. The summed E-state index contributed by atoms with van der Waals surface area (Å²) < 4.78 is 21.3. The SMILES string of the molecule is CC(C)C(=O)COCCOCCNC(=O)COCCOCCNC(=O)CC[C@H](NC(=O)C1CCC(CNC(=O)CCCCCCCCCCCCCCCCC(=O)O)CC1)C(=O)O. The van der Waals surface area contributed by atoms with Crippen molar-refractivity contribution in [1.82, 2.24) is 21.3 Å². The van der Waals surface area contributed by atoms with Crippen molar-refractivity contribution in [2.45, 2.75) is 161 Å². The number of Topliss-reactive ketones (excluding diaryl/α,β-unsaturated/α-hetero) is 1. The van der Waals surface area contributed by atoms with Crippen molar-refractivity contribution in [2.24, 2.45) is 17.8 Å². The molecule has 1 aliphatic rings. The molecule has 364 valence electrons. The van der Waals surface area contributed by atoms with Crippen LogP contribution in [0.5, 0.6) is 0 Å². The lowest BCUT2D eigenvalue weighted by Crippen LogP contribution is -2.45. The summed E-state index contributed by atoms with van der Waals surface area (Å²) in [4.78, 5) is 83.4. The fourth-order valence-electron chi connectivity index (χ4n) is 7.09. The Morgan fingerprint density at radius 1 is 0.524 bits per heavy atom. The van der Waals surface area contributed by atoms with Crippen molar-refractivity contribution in [3.05, 3.63) is 0 Å². The maximum absolute atomic E-state index is 12.9. The van der Waals surface area contributed by atoms with Gasteiger partial charge in [-0.05, 0) is 50.9 Å². The highest BCUT2D eigenvalue weighted by atomic mass is 16.5. The highest BCUT2D eigenvalue weighted by molar-refractivity contribution is 5.86. The van der Waals surface area contributed by atoms with E-state index in [9.17, 15) is 38.7 Å². The Balaban J connectivity index is 2.01. The van der Waals surface area contributed by atoms with Crippen molar-refractivity contribution >= 4 is 41.4 Å². The van der Waals surface area contributed by atoms with Crippen LogP contribution in [-0.2, 0) is 52.5 Å². The van der Waals surface area contributed by atoms with Crippen molar-refractivity contribution in [3.8, 4) is 0 Å². The lowest BCUT2D eigenvalue weighted by Gasteiger charge is -2.28. The summed E-state index contributed by atoms with van der Waals surface area (Å²) in [6.07, 6.45) is 19.4. The molecule has 0 aliphatic heterocycles. The summed E-state index contributed by atoms with van der Waals surface area (Å²) in [6, 6.07) is -1.18. The first-order chi connectivity index (χ1) is 30.4. The molecule has 1 fully saturated rings. The van der Waals surface area contributed by atoms with Crippen LogP contribution in [0.3, 0.4) is 0 Å². The lowest BCUT2D eigenvalue weighted by atomic mass is 9.81. The number of aliphatic carboxylic acids is 2. The normalized spacial score (nSPS) is 15.4. The standard InChI is InChI=1S/C46H82N4O13/c1-36(2)40(51)34-62-31-29-61-28-26-48-43(54)35-63-32-30-60-27-25-47-42(53)24-23-39(46(58)59)50-45(57)38-21-19-37(20-22-38)33-49-41(52)17-15-13-11-9-7-5-3-4-6-8-10-12-14-16-18-44(55)56/h36-39H,3-35H2,1-2H3,(H,47,53)(H,48,54)(H,49,52)(H,50,57)(H,55,56)(H,58,59)/t37?,38?,39-/m0/s1. The van der Waals surface area contributed by atoms with Gasteiger partial charge in [0.05, 0.1) is 39.6 Å². The fourth-order valence-corrected chi connectivity index (χ4v) is 7.09. The predicted octanol–water partition coefficient (Wildman–Crippen LogP) is 5.11. The molecular weight excluding hydrogens is 817 g/mol. The van der Waals surface area contributed by atoms with Crippen molar-refractivity contribution in [3.63, 3.8) is 0 Å². The number of carboxylic acids is 2. The number of carbonyl (C=O) groups excluding carboxylic acids is 5. The summed E-state index contributed by atoms with van der Waals surface area (Å²) in [7, 11) is 0. The number of hydrogen-bond acceptors (Lipinski definition) is 11. The molecule has 17 nitrogen and oxygen atoms in total. The number of ether oxygens (including phenoxy) is 4. The Bertz CT molecular complexity index is 1280. The molecule has 4 amide bonds. The smallest absolute Gasteiger partial charge is 0.326 e. The van der Waals surface area contributed by atoms with E-state index in [0.29, 0.717) is 52.2 Å². The zero-order valence-corrected chi connectivity index (χ0v) is 38.5. The molecule has 1 atom stereocenters. The van der Waals surface area contributed by atoms with Crippen LogP contribution in [0.2, 0.25) is 0 Å². The summed E-state index contributed by atoms with van der Waals surface area (Å²) in [5, 5.41) is 29.4. The Morgan fingerprint density at radius 3 is 1.49 bits per heavy atom. The molecule has 1 rings (SSSR count). The Hall–Kier alpha value is -3.67. The summed E-state index contributed by atoms with van der Waals surface area (Å²) in [5.74, 6) is -2.86. The van der Waals surface area contributed by atoms with E-state index in [1.54, 1.807) is 0 Å². The predicted molar refractivity (Wildman–Crippen MR) is 238 cm³/mol. The Morgan fingerprint density at radius 2 is 0.984 bits per heavy atom. The van der Waals surface area contributed by atoms with E-state index in [0.717, 1.165) is 51.4 Å². The maximum atomic E-state index is 12.9. The Kier molecular flexibility index (Phi) is 35.3. The average molecular weight is 899 g/mol. The van der Waals surface area contributed by atoms with E-state index >= 15 is 0 Å². The van der Waals surface area contributed by atoms with Gasteiger partial charge in [0.15, 0.2) is 5.78 Å². The van der Waals surface area contributed by atoms with Crippen molar-refractivity contribution in [1.29, 1.82) is 0 Å². The molecule has 0 spiro atoms. The van der Waals surface area contributed by atoms with Gasteiger partial charge in [-0.1, -0.05) is 90.9 Å². The lowest BCUT2D eigenvalue weighted by molar-refractivity contribution is -0.143. The van der Waals surface area contributed by atoms with Crippen LogP contribution in [0, 0.1) is 17.8 Å². The van der Waals surface area contributed by atoms with Crippen molar-refractivity contribution in [2.75, 3.05) is 72.5 Å². The van der Waals surface area contributed by atoms with Crippen LogP contribution >= 0.6 is 0 Å². The first-order valence-electron chi connectivity index (χ1n) is 23.8. The van der Waals surface area contributed by atoms with Gasteiger partial charge in [-0.3, -0.25) is 28.8 Å². The van der Waals surface area contributed by atoms with E-state index in [1.807, 2.05) is 13.8 Å². The molecule has 0 unspecified atom stereocenters. The third kappa shape index (κ3) is 34.4. The molecule has 63 heavy (non-hydrogen) atoms. The van der Waals surface area contributed by atoms with E-state index in [4.69, 9.17) is 24.1 Å². The average Bonchev–Trinajstić information content (AvgIpc) is 3.25. The number of rotatable bonds is 42. The Labute approximate surface area is 376 Å². The fraction of sp³-hybridized carbons (Fsp3) is 0.848. The van der Waals surface area contributed by atoms with Crippen molar-refractivity contribution < 1.29 is 62.7 Å². The van der Waals surface area contributed by atoms with Gasteiger partial charge >= 0.3 is 11.9 Å². The molecule has 0 saturated heterocycles. The minimum absolute atomic E-state index is 0.0343. The third-order valence-electron chi connectivity index (χ3n) is 11.1. The molecule has 0 aromatic heterocycles. The van der Waals surface area contributed by atoms with Gasteiger partial charge in [-0.2, -0.15) is 0 Å². The molecule has 0 heterocycles. The van der Waals surface area contributed by atoms with E-state index in [-0.39, 0.29) is 106 Å². The van der Waals surface area contributed by atoms with E-state index in [1.165, 1.54) is 51.4 Å². The molecule has 0 radical (unpaired) electrons. The monoisotopic (exact) mass is 899 g/mol. The minimum atomic E-state index is -1.20. The van der Waals surface area contributed by atoms with E-state index in [2.05, 4.69) is 21.3 Å². The van der Waals surface area contributed by atoms with Gasteiger partial charge in [0, 0.05) is 50.7 Å². The molecule has 0 aromatic carbocycles. The zero-order valence-electron chi connectivity index (χ0n) is 38.5. The summed E-state index contributed by atoms with van der Waals surface area (Å²) in [5.41, 5.74) is 0. The van der Waals surface area contributed by atoms with Crippen LogP contribution < -0.4 is 21.3 Å². The number of hydrogen-bond donors (Lipinski definition) is 6. The number of unbranched alkanes of at least 4 members (excludes halogenated alkanes) is 13. The van der Waals surface area contributed by atoms with Gasteiger partial charge in [0.1, 0.15) is 19.3 Å². The van der Waals surface area contributed by atoms with Gasteiger partial charge in [0.25, 0.3) is 0 Å². The summed E-state index contributed by atoms with van der Waals surface area (Å²) in [6.45, 7) is 6.14. The van der Waals surface area contributed by atoms with Crippen LogP contribution in [0.15, 0.2) is 0 Å². The molecule has 1 saturated carbocycles. The molecular formula is C46H82N4O13. The van der Waals surface area contributed by atoms with E-state index < -0.39 is 18.0 Å². The second kappa shape index (κ2) is 38.8. The highest BCUT2D eigenvalue weighted by Gasteiger charge is 2.30. The topological polar surface area (TPSA) is 245 Å². The molecule has 17 heteroatoms. The molecule has 0 bridgehead atoms.